The fourth-order valence-electron chi connectivity index (χ4n) is 1.57. The first kappa shape index (κ1) is 15.0. The lowest BCUT2D eigenvalue weighted by molar-refractivity contribution is 0.0945. The molecule has 2 rings (SSSR count). The molecule has 0 saturated carbocycles. The van der Waals surface area contributed by atoms with Crippen LogP contribution in [0.3, 0.4) is 0 Å². The zero-order chi connectivity index (χ0) is 14.4. The first-order valence-corrected chi connectivity index (χ1v) is 8.08. The highest BCUT2D eigenvalue weighted by atomic mass is 32.2. The van der Waals surface area contributed by atoms with Crippen molar-refractivity contribution >= 4 is 29.0 Å². The van der Waals surface area contributed by atoms with Crippen molar-refractivity contribution in [2.45, 2.75) is 17.0 Å². The van der Waals surface area contributed by atoms with E-state index in [4.69, 9.17) is 5.11 Å². The number of aliphatic hydroxyl groups excluding tert-OH is 1. The predicted molar refractivity (Wildman–Crippen MR) is 82.3 cm³/mol. The number of thiazole rings is 1. The van der Waals surface area contributed by atoms with Crippen LogP contribution >= 0.6 is 23.1 Å². The number of carbonyl (C=O) groups is 1. The van der Waals surface area contributed by atoms with Gasteiger partial charge in [0.25, 0.3) is 5.91 Å². The molecular formula is C14H16N2O2S2. The summed E-state index contributed by atoms with van der Waals surface area (Å²) in [7, 11) is 0. The summed E-state index contributed by atoms with van der Waals surface area (Å²) in [5.74, 6) is 0.680. The molecule has 0 radical (unpaired) electrons. The number of hydrogen-bond donors (Lipinski definition) is 2. The standard InChI is InChI=1S/C14H16N2O2S2/c1-10-8-19-14(16-10)20-9-11-2-4-12(5-3-11)13(18)15-6-7-17/h2-5,8,17H,6-7,9H2,1H3,(H,15,18). The molecule has 1 aromatic heterocycles. The number of aliphatic hydroxyl groups is 1. The van der Waals surface area contributed by atoms with Gasteiger partial charge < -0.3 is 10.4 Å². The van der Waals surface area contributed by atoms with E-state index >= 15 is 0 Å². The average molecular weight is 308 g/mol. The summed E-state index contributed by atoms with van der Waals surface area (Å²) >= 11 is 3.35. The highest BCUT2D eigenvalue weighted by molar-refractivity contribution is 8.00. The van der Waals surface area contributed by atoms with Crippen molar-refractivity contribution < 1.29 is 9.90 Å². The Hall–Kier alpha value is -1.37. The number of aromatic nitrogens is 1. The minimum absolute atomic E-state index is 0.0479. The van der Waals surface area contributed by atoms with Crippen LogP contribution in [0.2, 0.25) is 0 Å². The van der Waals surface area contributed by atoms with Crippen LogP contribution in [0.15, 0.2) is 34.0 Å². The molecule has 1 amide bonds. The molecule has 0 aliphatic heterocycles. The van der Waals surface area contributed by atoms with E-state index in [0.717, 1.165) is 21.3 Å². The molecule has 2 aromatic rings. The second-order valence-electron chi connectivity index (χ2n) is 4.22. The third kappa shape index (κ3) is 4.33. The van der Waals surface area contributed by atoms with Gasteiger partial charge in [0.05, 0.1) is 6.61 Å². The number of rotatable bonds is 6. The minimum atomic E-state index is -0.159. The lowest BCUT2D eigenvalue weighted by Gasteiger charge is -2.04. The van der Waals surface area contributed by atoms with Gasteiger partial charge in [0.2, 0.25) is 0 Å². The summed E-state index contributed by atoms with van der Waals surface area (Å²) in [6, 6.07) is 7.49. The normalized spacial score (nSPS) is 10.5. The van der Waals surface area contributed by atoms with Gasteiger partial charge in [-0.25, -0.2) is 4.98 Å². The van der Waals surface area contributed by atoms with Crippen LogP contribution in [0.5, 0.6) is 0 Å². The van der Waals surface area contributed by atoms with Crippen LogP contribution in [0.1, 0.15) is 21.6 Å². The molecule has 0 fully saturated rings. The van der Waals surface area contributed by atoms with Crippen LogP contribution in [0.4, 0.5) is 0 Å². The quantitative estimate of drug-likeness (QED) is 0.805. The van der Waals surface area contributed by atoms with Gasteiger partial charge in [-0.1, -0.05) is 23.9 Å². The topological polar surface area (TPSA) is 62.2 Å². The van der Waals surface area contributed by atoms with Crippen molar-refractivity contribution in [3.63, 3.8) is 0 Å². The van der Waals surface area contributed by atoms with E-state index in [0.29, 0.717) is 5.56 Å². The predicted octanol–water partition coefficient (Wildman–Crippen LogP) is 2.47. The summed E-state index contributed by atoms with van der Waals surface area (Å²) in [5, 5.41) is 13.3. The second-order valence-corrected chi connectivity index (χ2v) is 6.30. The van der Waals surface area contributed by atoms with Gasteiger partial charge in [0, 0.05) is 28.9 Å². The van der Waals surface area contributed by atoms with E-state index < -0.39 is 0 Å². The number of thioether (sulfide) groups is 1. The zero-order valence-electron chi connectivity index (χ0n) is 11.1. The number of aryl methyl sites for hydroxylation is 1. The third-order valence-electron chi connectivity index (χ3n) is 2.57. The molecular weight excluding hydrogens is 292 g/mol. The van der Waals surface area contributed by atoms with Crippen molar-refractivity contribution in [2.24, 2.45) is 0 Å². The highest BCUT2D eigenvalue weighted by Gasteiger charge is 2.05. The first-order chi connectivity index (χ1) is 9.69. The summed E-state index contributed by atoms with van der Waals surface area (Å²) in [6.07, 6.45) is 0. The Morgan fingerprint density at radius 2 is 2.15 bits per heavy atom. The highest BCUT2D eigenvalue weighted by Crippen LogP contribution is 2.25. The molecule has 6 heteroatoms. The Balaban J connectivity index is 1.89. The Morgan fingerprint density at radius 3 is 2.75 bits per heavy atom. The SMILES string of the molecule is Cc1csc(SCc2ccc(C(=O)NCCO)cc2)n1. The third-order valence-corrected chi connectivity index (χ3v) is 4.78. The molecule has 0 atom stereocenters. The maximum Gasteiger partial charge on any atom is 0.251 e. The fraction of sp³-hybridized carbons (Fsp3) is 0.286. The lowest BCUT2D eigenvalue weighted by Crippen LogP contribution is -2.26. The lowest BCUT2D eigenvalue weighted by atomic mass is 10.1. The molecule has 4 nitrogen and oxygen atoms in total. The average Bonchev–Trinajstić information content (AvgIpc) is 2.89. The summed E-state index contributed by atoms with van der Waals surface area (Å²) < 4.78 is 1.06. The maximum absolute atomic E-state index is 11.7. The van der Waals surface area contributed by atoms with Crippen molar-refractivity contribution in [1.29, 1.82) is 0 Å². The molecule has 0 aliphatic carbocycles. The molecule has 0 aliphatic rings. The first-order valence-electron chi connectivity index (χ1n) is 6.22. The maximum atomic E-state index is 11.7. The Bertz CT molecular complexity index is 567. The van der Waals surface area contributed by atoms with Gasteiger partial charge in [0.15, 0.2) is 0 Å². The molecule has 1 heterocycles. The fourth-order valence-corrected chi connectivity index (χ4v) is 3.37. The van der Waals surface area contributed by atoms with E-state index in [-0.39, 0.29) is 19.1 Å². The number of amides is 1. The van der Waals surface area contributed by atoms with Crippen molar-refractivity contribution in [2.75, 3.05) is 13.2 Å². The molecule has 2 N–H and O–H groups in total. The van der Waals surface area contributed by atoms with Gasteiger partial charge in [0.1, 0.15) is 4.34 Å². The van der Waals surface area contributed by atoms with Crippen molar-refractivity contribution in [3.8, 4) is 0 Å². The minimum Gasteiger partial charge on any atom is -0.395 e. The van der Waals surface area contributed by atoms with Gasteiger partial charge in [-0.2, -0.15) is 0 Å². The summed E-state index contributed by atoms with van der Waals surface area (Å²) in [5.41, 5.74) is 2.81. The second kappa shape index (κ2) is 7.42. The summed E-state index contributed by atoms with van der Waals surface area (Å²) in [6.45, 7) is 2.22. The Morgan fingerprint density at radius 1 is 1.40 bits per heavy atom. The molecule has 106 valence electrons. The van der Waals surface area contributed by atoms with Crippen LogP contribution < -0.4 is 5.32 Å². The van der Waals surface area contributed by atoms with Gasteiger partial charge >= 0.3 is 0 Å². The van der Waals surface area contributed by atoms with Crippen molar-refractivity contribution in [3.05, 3.63) is 46.5 Å². The zero-order valence-corrected chi connectivity index (χ0v) is 12.8. The van der Waals surface area contributed by atoms with Crippen LogP contribution in [0.25, 0.3) is 0 Å². The molecule has 0 spiro atoms. The number of hydrogen-bond acceptors (Lipinski definition) is 5. The summed E-state index contributed by atoms with van der Waals surface area (Å²) in [4.78, 5) is 16.1. The Labute approximate surface area is 126 Å². The molecule has 1 aromatic carbocycles. The van der Waals surface area contributed by atoms with Crippen molar-refractivity contribution in [1.82, 2.24) is 10.3 Å². The van der Waals surface area contributed by atoms with E-state index in [1.807, 2.05) is 24.4 Å². The smallest absolute Gasteiger partial charge is 0.251 e. The number of nitrogens with one attached hydrogen (secondary N) is 1. The number of carbonyl (C=O) groups excluding carboxylic acids is 1. The van der Waals surface area contributed by atoms with Gasteiger partial charge in [-0.05, 0) is 24.6 Å². The van der Waals surface area contributed by atoms with E-state index in [1.165, 1.54) is 0 Å². The largest absolute Gasteiger partial charge is 0.395 e. The van der Waals surface area contributed by atoms with Gasteiger partial charge in [-0.15, -0.1) is 11.3 Å². The van der Waals surface area contributed by atoms with E-state index in [1.54, 1.807) is 35.2 Å². The molecule has 0 unspecified atom stereocenters. The number of benzene rings is 1. The Kier molecular flexibility index (Phi) is 5.58. The van der Waals surface area contributed by atoms with E-state index in [9.17, 15) is 4.79 Å². The van der Waals surface area contributed by atoms with Crippen LogP contribution in [0, 0.1) is 6.92 Å². The number of nitrogens with zero attached hydrogens (tertiary/aromatic N) is 1. The molecule has 20 heavy (non-hydrogen) atoms. The van der Waals surface area contributed by atoms with Gasteiger partial charge in [-0.3, -0.25) is 4.79 Å². The monoisotopic (exact) mass is 308 g/mol. The molecule has 0 bridgehead atoms. The molecule has 0 saturated heterocycles. The van der Waals surface area contributed by atoms with Crippen LogP contribution in [-0.4, -0.2) is 29.1 Å². The van der Waals surface area contributed by atoms with E-state index in [2.05, 4.69) is 10.3 Å². The van der Waals surface area contributed by atoms with Crippen LogP contribution in [-0.2, 0) is 5.75 Å².